The number of methoxy groups -OCH3 is 1. The number of hydrogen-bond acceptors (Lipinski definition) is 6. The lowest BCUT2D eigenvalue weighted by molar-refractivity contribution is -0.118. The molecule has 0 radical (unpaired) electrons. The van der Waals surface area contributed by atoms with Gasteiger partial charge in [0.05, 0.1) is 24.7 Å². The zero-order valence-electron chi connectivity index (χ0n) is 15.9. The fourth-order valence-corrected chi connectivity index (χ4v) is 2.95. The van der Waals surface area contributed by atoms with Gasteiger partial charge in [-0.15, -0.1) is 0 Å². The summed E-state index contributed by atoms with van der Waals surface area (Å²) in [6, 6.07) is 6.55. The van der Waals surface area contributed by atoms with Crippen molar-refractivity contribution in [1.82, 2.24) is 18.7 Å². The van der Waals surface area contributed by atoms with Crippen LogP contribution in [0.1, 0.15) is 10.4 Å². The first-order valence-electron chi connectivity index (χ1n) is 8.32. The van der Waals surface area contributed by atoms with Crippen molar-refractivity contribution >= 4 is 28.7 Å². The van der Waals surface area contributed by atoms with Crippen LogP contribution < -0.4 is 16.1 Å². The third-order valence-corrected chi connectivity index (χ3v) is 4.57. The predicted octanol–water partition coefficient (Wildman–Crippen LogP) is -0.117. The minimum Gasteiger partial charge on any atom is -0.465 e. The largest absolute Gasteiger partial charge is 0.465 e. The van der Waals surface area contributed by atoms with Crippen LogP contribution in [0.25, 0.3) is 11.2 Å². The zero-order valence-corrected chi connectivity index (χ0v) is 15.9. The van der Waals surface area contributed by atoms with E-state index in [1.165, 1.54) is 48.6 Å². The molecule has 2 heterocycles. The molecule has 0 fully saturated rings. The van der Waals surface area contributed by atoms with Crippen LogP contribution in [0.15, 0.2) is 40.2 Å². The Kier molecular flexibility index (Phi) is 4.87. The number of esters is 1. The number of carbonyl (C=O) groups excluding carboxylic acids is 2. The highest BCUT2D eigenvalue weighted by Gasteiger charge is 2.21. The molecule has 0 saturated heterocycles. The molecule has 1 amide bonds. The summed E-state index contributed by atoms with van der Waals surface area (Å²) in [5.41, 5.74) is -0.0796. The van der Waals surface area contributed by atoms with Crippen molar-refractivity contribution in [2.24, 2.45) is 14.1 Å². The number of aromatic nitrogens is 4. The number of anilines is 1. The third kappa shape index (κ3) is 2.98. The highest BCUT2D eigenvalue weighted by Crippen LogP contribution is 2.20. The van der Waals surface area contributed by atoms with Crippen LogP contribution in [-0.2, 0) is 30.2 Å². The number of hydrogen-bond donors (Lipinski definition) is 0. The second-order valence-corrected chi connectivity index (χ2v) is 6.21. The number of ether oxygens (including phenoxy) is 1. The molecule has 0 aliphatic carbocycles. The normalized spacial score (nSPS) is 10.9. The van der Waals surface area contributed by atoms with E-state index in [0.717, 1.165) is 4.57 Å². The Morgan fingerprint density at radius 1 is 1.14 bits per heavy atom. The molecule has 10 heteroatoms. The van der Waals surface area contributed by atoms with Crippen molar-refractivity contribution in [1.29, 1.82) is 0 Å². The van der Waals surface area contributed by atoms with E-state index >= 15 is 0 Å². The van der Waals surface area contributed by atoms with Gasteiger partial charge in [0.15, 0.2) is 11.2 Å². The number of imidazole rings is 1. The van der Waals surface area contributed by atoms with Crippen molar-refractivity contribution in [3.8, 4) is 0 Å². The standard InChI is InChI=1S/C18H19N5O5/c1-20(12-8-6-5-7-11(12)17(26)28-4)13(24)9-23-10-19-15-14(23)16(25)22(3)18(27)21(15)2/h5-8,10H,9H2,1-4H3. The second-order valence-electron chi connectivity index (χ2n) is 6.21. The summed E-state index contributed by atoms with van der Waals surface area (Å²) in [7, 11) is 5.65. The van der Waals surface area contributed by atoms with Gasteiger partial charge in [-0.1, -0.05) is 12.1 Å². The first kappa shape index (κ1) is 19.1. The Labute approximate surface area is 159 Å². The average molecular weight is 385 g/mol. The molecular formula is C18H19N5O5. The lowest BCUT2D eigenvalue weighted by Crippen LogP contribution is -2.38. The first-order valence-corrected chi connectivity index (χ1v) is 8.32. The molecule has 0 unspecified atom stereocenters. The number of rotatable bonds is 4. The Morgan fingerprint density at radius 2 is 1.82 bits per heavy atom. The van der Waals surface area contributed by atoms with Crippen molar-refractivity contribution < 1.29 is 14.3 Å². The molecule has 0 aliphatic rings. The lowest BCUT2D eigenvalue weighted by atomic mass is 10.1. The molecule has 3 rings (SSSR count). The molecule has 0 saturated carbocycles. The van der Waals surface area contributed by atoms with E-state index in [2.05, 4.69) is 4.98 Å². The summed E-state index contributed by atoms with van der Waals surface area (Å²) in [5.74, 6) is -0.946. The maximum Gasteiger partial charge on any atom is 0.339 e. The van der Waals surface area contributed by atoms with Gasteiger partial charge in [-0.05, 0) is 12.1 Å². The van der Waals surface area contributed by atoms with E-state index in [0.29, 0.717) is 5.69 Å². The van der Waals surface area contributed by atoms with Crippen molar-refractivity contribution in [3.63, 3.8) is 0 Å². The Balaban J connectivity index is 2.00. The van der Waals surface area contributed by atoms with E-state index in [9.17, 15) is 19.2 Å². The monoisotopic (exact) mass is 385 g/mol. The molecule has 0 bridgehead atoms. The highest BCUT2D eigenvalue weighted by atomic mass is 16.5. The molecule has 0 spiro atoms. The molecule has 0 N–H and O–H groups in total. The van der Waals surface area contributed by atoms with Crippen LogP contribution >= 0.6 is 0 Å². The van der Waals surface area contributed by atoms with Crippen molar-refractivity contribution in [3.05, 3.63) is 57.0 Å². The smallest absolute Gasteiger partial charge is 0.339 e. The van der Waals surface area contributed by atoms with E-state index in [4.69, 9.17) is 4.74 Å². The summed E-state index contributed by atoms with van der Waals surface area (Å²) in [6.45, 7) is -0.198. The number of amides is 1. The molecule has 1 aromatic carbocycles. The molecule has 3 aromatic rings. The molecule has 0 atom stereocenters. The van der Waals surface area contributed by atoms with Crippen LogP contribution in [-0.4, -0.2) is 44.7 Å². The lowest BCUT2D eigenvalue weighted by Gasteiger charge is -2.20. The van der Waals surface area contributed by atoms with Crippen LogP contribution in [0.3, 0.4) is 0 Å². The van der Waals surface area contributed by atoms with Gasteiger partial charge in [-0.2, -0.15) is 0 Å². The molecular weight excluding hydrogens is 366 g/mol. The van der Waals surface area contributed by atoms with Crippen LogP contribution in [0.5, 0.6) is 0 Å². The van der Waals surface area contributed by atoms with Gasteiger partial charge in [0, 0.05) is 21.1 Å². The second kappa shape index (κ2) is 7.14. The fourth-order valence-electron chi connectivity index (χ4n) is 2.95. The molecule has 2 aromatic heterocycles. The molecule has 146 valence electrons. The van der Waals surface area contributed by atoms with Crippen molar-refractivity contribution in [2.75, 3.05) is 19.1 Å². The summed E-state index contributed by atoms with van der Waals surface area (Å²) >= 11 is 0. The summed E-state index contributed by atoms with van der Waals surface area (Å²) in [5, 5.41) is 0. The predicted molar refractivity (Wildman–Crippen MR) is 101 cm³/mol. The van der Waals surface area contributed by atoms with Crippen LogP contribution in [0, 0.1) is 0 Å². The number of para-hydroxylation sites is 1. The van der Waals surface area contributed by atoms with Crippen molar-refractivity contribution in [2.45, 2.75) is 6.54 Å². The molecule has 28 heavy (non-hydrogen) atoms. The van der Waals surface area contributed by atoms with Gasteiger partial charge in [-0.25, -0.2) is 14.6 Å². The number of aryl methyl sites for hydroxylation is 1. The SMILES string of the molecule is COC(=O)c1ccccc1N(C)C(=O)Cn1cnc2c1c(=O)n(C)c(=O)n2C. The van der Waals surface area contributed by atoms with Gasteiger partial charge >= 0.3 is 11.7 Å². The van der Waals surface area contributed by atoms with E-state index in [1.54, 1.807) is 24.3 Å². The Morgan fingerprint density at radius 3 is 2.50 bits per heavy atom. The Hall–Kier alpha value is -3.69. The van der Waals surface area contributed by atoms with E-state index < -0.39 is 17.2 Å². The van der Waals surface area contributed by atoms with E-state index in [-0.39, 0.29) is 29.2 Å². The zero-order chi connectivity index (χ0) is 20.6. The number of benzene rings is 1. The molecule has 0 aliphatic heterocycles. The Bertz CT molecular complexity index is 1200. The average Bonchev–Trinajstić information content (AvgIpc) is 3.13. The summed E-state index contributed by atoms with van der Waals surface area (Å²) < 4.78 is 8.34. The quantitative estimate of drug-likeness (QED) is 0.580. The van der Waals surface area contributed by atoms with Gasteiger partial charge in [0.25, 0.3) is 5.56 Å². The number of carbonyl (C=O) groups is 2. The number of fused-ring (bicyclic) bond motifs is 1. The van der Waals surface area contributed by atoms with Gasteiger partial charge < -0.3 is 14.2 Å². The minimum absolute atomic E-state index is 0.146. The van der Waals surface area contributed by atoms with Crippen LogP contribution in [0.4, 0.5) is 5.69 Å². The maximum atomic E-state index is 12.8. The van der Waals surface area contributed by atoms with Gasteiger partial charge in [0.2, 0.25) is 5.91 Å². The topological polar surface area (TPSA) is 108 Å². The highest BCUT2D eigenvalue weighted by molar-refractivity contribution is 6.02. The van der Waals surface area contributed by atoms with Gasteiger partial charge in [0.1, 0.15) is 6.54 Å². The molecule has 10 nitrogen and oxygen atoms in total. The first-order chi connectivity index (χ1) is 13.3. The maximum absolute atomic E-state index is 12.8. The number of likely N-dealkylation sites (N-methyl/N-ethyl adjacent to an activating group) is 1. The third-order valence-electron chi connectivity index (χ3n) is 4.57. The summed E-state index contributed by atoms with van der Waals surface area (Å²) in [6.07, 6.45) is 1.34. The minimum atomic E-state index is -0.563. The van der Waals surface area contributed by atoms with E-state index in [1.807, 2.05) is 0 Å². The van der Waals surface area contributed by atoms with Gasteiger partial charge in [-0.3, -0.25) is 18.7 Å². The summed E-state index contributed by atoms with van der Waals surface area (Å²) in [4.78, 5) is 54.7. The van der Waals surface area contributed by atoms with Crippen LogP contribution in [0.2, 0.25) is 0 Å². The number of nitrogens with zero attached hydrogens (tertiary/aromatic N) is 5. The fraction of sp³-hybridized carbons (Fsp3) is 0.278.